The van der Waals surface area contributed by atoms with E-state index in [2.05, 4.69) is 15.2 Å². The van der Waals surface area contributed by atoms with Gasteiger partial charge in [-0.2, -0.15) is 5.10 Å². The fraction of sp³-hybridized carbons (Fsp3) is 0.600. The van der Waals surface area contributed by atoms with Gasteiger partial charge in [0.15, 0.2) is 5.82 Å². The lowest BCUT2D eigenvalue weighted by molar-refractivity contribution is 0.0245. The number of H-pyrrole nitrogens is 1. The van der Waals surface area contributed by atoms with E-state index in [4.69, 9.17) is 9.79 Å². The fourth-order valence-corrected chi connectivity index (χ4v) is 1.57. The molecule has 80 valence electrons. The minimum absolute atomic E-state index is 0.0362. The first-order chi connectivity index (χ1) is 6.40. The molecule has 1 aromatic rings. The Labute approximate surface area is 78.8 Å². The molecule has 1 heterocycles. The second-order valence-corrected chi connectivity index (χ2v) is 4.42. The van der Waals surface area contributed by atoms with E-state index < -0.39 is 26.0 Å². The van der Waals surface area contributed by atoms with Gasteiger partial charge in [0.1, 0.15) is 12.4 Å². The molecule has 0 unspecified atom stereocenters. The number of aromatic amines is 1. The smallest absolute Gasteiger partial charge is 0.328 e. The number of aliphatic hydroxyl groups excluding tert-OH is 2. The summed E-state index contributed by atoms with van der Waals surface area (Å²) in [5.74, 6) is -0.0362. The summed E-state index contributed by atoms with van der Waals surface area (Å²) in [6.45, 7) is 0. The Morgan fingerprint density at radius 1 is 1.50 bits per heavy atom. The molecule has 0 fully saturated rings. The third-order valence-corrected chi connectivity index (χ3v) is 2.35. The van der Waals surface area contributed by atoms with Gasteiger partial charge in [-0.05, 0) is 0 Å². The zero-order valence-corrected chi connectivity index (χ0v) is 7.87. The molecular formula is C5H10N3O5P. The molecule has 0 aliphatic carbocycles. The summed E-state index contributed by atoms with van der Waals surface area (Å²) < 4.78 is 10.5. The van der Waals surface area contributed by atoms with Crippen molar-refractivity contribution in [2.75, 3.05) is 6.16 Å². The molecule has 0 bridgehead atoms. The maximum Gasteiger partial charge on any atom is 0.328 e. The van der Waals surface area contributed by atoms with Crippen LogP contribution in [-0.2, 0) is 4.57 Å². The van der Waals surface area contributed by atoms with Gasteiger partial charge in [-0.15, -0.1) is 0 Å². The number of aromatic nitrogens is 3. The molecule has 1 aromatic heterocycles. The van der Waals surface area contributed by atoms with E-state index >= 15 is 0 Å². The highest BCUT2D eigenvalue weighted by atomic mass is 31.2. The summed E-state index contributed by atoms with van der Waals surface area (Å²) in [6.07, 6.45) is -2.77. The molecule has 2 atom stereocenters. The van der Waals surface area contributed by atoms with E-state index in [-0.39, 0.29) is 5.82 Å². The lowest BCUT2D eigenvalue weighted by Gasteiger charge is -2.15. The van der Waals surface area contributed by atoms with Crippen LogP contribution in [0.5, 0.6) is 0 Å². The van der Waals surface area contributed by atoms with Crippen LogP contribution in [0.4, 0.5) is 0 Å². The van der Waals surface area contributed by atoms with Gasteiger partial charge >= 0.3 is 7.60 Å². The Bertz CT molecular complexity index is 322. The molecule has 0 aromatic carbocycles. The van der Waals surface area contributed by atoms with Crippen molar-refractivity contribution >= 4 is 7.60 Å². The van der Waals surface area contributed by atoms with Gasteiger partial charge in [-0.3, -0.25) is 9.66 Å². The minimum atomic E-state index is -4.35. The highest BCUT2D eigenvalue weighted by molar-refractivity contribution is 7.51. The summed E-state index contributed by atoms with van der Waals surface area (Å²) in [5.41, 5.74) is 0. The second kappa shape index (κ2) is 4.16. The van der Waals surface area contributed by atoms with Gasteiger partial charge in [0, 0.05) is 0 Å². The maximum absolute atomic E-state index is 10.5. The molecule has 0 amide bonds. The van der Waals surface area contributed by atoms with Crippen LogP contribution in [-0.4, -0.2) is 47.4 Å². The van der Waals surface area contributed by atoms with Crippen molar-refractivity contribution in [3.63, 3.8) is 0 Å². The Morgan fingerprint density at radius 2 is 2.14 bits per heavy atom. The summed E-state index contributed by atoms with van der Waals surface area (Å²) >= 11 is 0. The number of hydrogen-bond donors (Lipinski definition) is 5. The van der Waals surface area contributed by atoms with Crippen LogP contribution < -0.4 is 0 Å². The van der Waals surface area contributed by atoms with Crippen molar-refractivity contribution in [2.45, 2.75) is 12.2 Å². The van der Waals surface area contributed by atoms with Gasteiger partial charge in [-0.25, -0.2) is 4.98 Å². The highest BCUT2D eigenvalue weighted by Gasteiger charge is 2.28. The van der Waals surface area contributed by atoms with Crippen LogP contribution >= 0.6 is 7.60 Å². The van der Waals surface area contributed by atoms with Gasteiger partial charge in [0.25, 0.3) is 0 Å². The molecule has 1 rings (SSSR count). The monoisotopic (exact) mass is 223 g/mol. The average molecular weight is 223 g/mol. The predicted octanol–water partition coefficient (Wildman–Crippen LogP) is -1.62. The quantitative estimate of drug-likeness (QED) is 0.386. The zero-order chi connectivity index (χ0) is 10.8. The third kappa shape index (κ3) is 3.17. The van der Waals surface area contributed by atoms with Crippen molar-refractivity contribution in [2.24, 2.45) is 0 Å². The van der Waals surface area contributed by atoms with Crippen LogP contribution in [0.2, 0.25) is 0 Å². The number of hydrogen-bond acceptors (Lipinski definition) is 5. The van der Waals surface area contributed by atoms with Crippen molar-refractivity contribution in [3.8, 4) is 0 Å². The van der Waals surface area contributed by atoms with Crippen molar-refractivity contribution in [1.29, 1.82) is 0 Å². The third-order valence-electron chi connectivity index (χ3n) is 1.50. The normalized spacial score (nSPS) is 16.6. The van der Waals surface area contributed by atoms with Crippen molar-refractivity contribution < 1.29 is 24.6 Å². The second-order valence-electron chi connectivity index (χ2n) is 2.73. The van der Waals surface area contributed by atoms with E-state index in [1.54, 1.807) is 0 Å². The van der Waals surface area contributed by atoms with Gasteiger partial charge in [0.05, 0.1) is 12.3 Å². The van der Waals surface area contributed by atoms with Gasteiger partial charge in [0.2, 0.25) is 0 Å². The van der Waals surface area contributed by atoms with Crippen molar-refractivity contribution in [3.05, 3.63) is 12.2 Å². The molecule has 5 N–H and O–H groups in total. The van der Waals surface area contributed by atoms with Gasteiger partial charge in [-0.1, -0.05) is 0 Å². The minimum Gasteiger partial charge on any atom is -0.389 e. The summed E-state index contributed by atoms with van der Waals surface area (Å²) in [6, 6.07) is 0. The molecular weight excluding hydrogens is 213 g/mol. The lowest BCUT2D eigenvalue weighted by atomic mass is 10.2. The maximum atomic E-state index is 10.5. The molecule has 0 radical (unpaired) electrons. The molecule has 9 heteroatoms. The molecule has 0 aliphatic rings. The molecule has 14 heavy (non-hydrogen) atoms. The topological polar surface area (TPSA) is 140 Å². The van der Waals surface area contributed by atoms with Crippen LogP contribution in [0.15, 0.2) is 6.33 Å². The number of nitrogens with zero attached hydrogens (tertiary/aromatic N) is 2. The van der Waals surface area contributed by atoms with E-state index in [1.807, 2.05) is 0 Å². The molecule has 0 aliphatic heterocycles. The van der Waals surface area contributed by atoms with E-state index in [1.165, 1.54) is 0 Å². The van der Waals surface area contributed by atoms with E-state index in [9.17, 15) is 14.8 Å². The molecule has 0 saturated carbocycles. The first-order valence-corrected chi connectivity index (χ1v) is 5.46. The largest absolute Gasteiger partial charge is 0.389 e. The Morgan fingerprint density at radius 3 is 2.57 bits per heavy atom. The van der Waals surface area contributed by atoms with Crippen molar-refractivity contribution in [1.82, 2.24) is 15.2 Å². The first-order valence-electron chi connectivity index (χ1n) is 3.66. The summed E-state index contributed by atoms with van der Waals surface area (Å²) in [5, 5.41) is 24.2. The number of nitrogens with one attached hydrogen (secondary N) is 1. The standard InChI is InChI=1S/C5H10N3O5P/c9-3(1-14(11,12)13)4(10)5-6-2-7-8-5/h2-4,9-10H,1H2,(H,6,7,8)(H2,11,12,13)/t3-,4-/m1/s1. The number of rotatable bonds is 4. The Hall–Kier alpha value is -0.790. The van der Waals surface area contributed by atoms with Crippen LogP contribution in [0.3, 0.4) is 0 Å². The van der Waals surface area contributed by atoms with Crippen LogP contribution in [0.1, 0.15) is 11.9 Å². The van der Waals surface area contributed by atoms with E-state index in [0.29, 0.717) is 0 Å². The van der Waals surface area contributed by atoms with Crippen LogP contribution in [0, 0.1) is 0 Å². The van der Waals surface area contributed by atoms with E-state index in [0.717, 1.165) is 6.33 Å². The van der Waals surface area contributed by atoms with Crippen LogP contribution in [0.25, 0.3) is 0 Å². The molecule has 0 saturated heterocycles. The zero-order valence-electron chi connectivity index (χ0n) is 6.98. The number of aliphatic hydroxyl groups is 2. The Balaban J connectivity index is 2.62. The summed E-state index contributed by atoms with van der Waals surface area (Å²) in [7, 11) is -4.35. The molecule has 8 nitrogen and oxygen atoms in total. The summed E-state index contributed by atoms with van der Waals surface area (Å²) in [4.78, 5) is 20.6. The highest BCUT2D eigenvalue weighted by Crippen LogP contribution is 2.36. The predicted molar refractivity (Wildman–Crippen MR) is 44.3 cm³/mol. The Kier molecular flexibility index (Phi) is 3.35. The van der Waals surface area contributed by atoms with Gasteiger partial charge < -0.3 is 20.0 Å². The SMILES string of the molecule is O=P(O)(O)C[C@@H](O)[C@@H](O)c1ncn[nH]1. The lowest BCUT2D eigenvalue weighted by Crippen LogP contribution is -2.23. The molecule has 0 spiro atoms. The average Bonchev–Trinajstić information content (AvgIpc) is 2.51. The fourth-order valence-electron chi connectivity index (χ4n) is 0.883. The first kappa shape index (κ1) is 11.3.